The van der Waals surface area contributed by atoms with Gasteiger partial charge in [0.1, 0.15) is 12.4 Å². The summed E-state index contributed by atoms with van der Waals surface area (Å²) < 4.78 is 30.2. The zero-order valence-electron chi connectivity index (χ0n) is 15.0. The molecule has 27 heavy (non-hydrogen) atoms. The van der Waals surface area contributed by atoms with Crippen LogP contribution in [0, 0.1) is 5.82 Å². The van der Waals surface area contributed by atoms with Gasteiger partial charge < -0.3 is 24.6 Å². The van der Waals surface area contributed by atoms with Crippen LogP contribution in [-0.4, -0.2) is 38.6 Å². The fourth-order valence-corrected chi connectivity index (χ4v) is 2.90. The van der Waals surface area contributed by atoms with E-state index in [1.807, 2.05) is 12.1 Å². The largest absolute Gasteiger partial charge is 0.493 e. The summed E-state index contributed by atoms with van der Waals surface area (Å²) in [5.41, 5.74) is 1.90. The first-order chi connectivity index (χ1) is 12.6. The maximum Gasteiger partial charge on any atom is 0.175 e. The van der Waals surface area contributed by atoms with E-state index in [1.165, 1.54) is 12.1 Å². The van der Waals surface area contributed by atoms with Gasteiger partial charge >= 0.3 is 0 Å². The van der Waals surface area contributed by atoms with Crippen molar-refractivity contribution >= 4 is 28.3 Å². The van der Waals surface area contributed by atoms with Crippen LogP contribution in [0.25, 0.3) is 0 Å². The van der Waals surface area contributed by atoms with Crippen molar-refractivity contribution in [1.82, 2.24) is 5.32 Å². The van der Waals surface area contributed by atoms with Gasteiger partial charge in [-0.05, 0) is 51.3 Å². The summed E-state index contributed by atoms with van der Waals surface area (Å²) in [6, 6.07) is 10.1. The van der Waals surface area contributed by atoms with Gasteiger partial charge in [0.15, 0.2) is 11.5 Å². The molecule has 2 rings (SSSR count). The molecule has 0 saturated heterocycles. The van der Waals surface area contributed by atoms with Crippen LogP contribution < -0.4 is 14.8 Å². The van der Waals surface area contributed by atoms with Crippen molar-refractivity contribution in [3.05, 3.63) is 57.8 Å². The van der Waals surface area contributed by atoms with E-state index in [0.29, 0.717) is 44.4 Å². The van der Waals surface area contributed by atoms with Crippen LogP contribution in [0.15, 0.2) is 40.9 Å². The van der Waals surface area contributed by atoms with E-state index in [4.69, 9.17) is 19.3 Å². The number of rotatable bonds is 11. The van der Waals surface area contributed by atoms with Crippen LogP contribution >= 0.6 is 28.3 Å². The lowest BCUT2D eigenvalue weighted by Gasteiger charge is -2.15. The fraction of sp³-hybridized carbons (Fsp3) is 0.368. The molecule has 2 aromatic rings. The van der Waals surface area contributed by atoms with Gasteiger partial charge in [-0.3, -0.25) is 0 Å². The molecule has 5 nitrogen and oxygen atoms in total. The van der Waals surface area contributed by atoms with Crippen LogP contribution in [0.3, 0.4) is 0 Å². The number of aliphatic hydroxyl groups excluding tert-OH is 1. The molecule has 0 aliphatic heterocycles. The Morgan fingerprint density at radius 2 is 1.85 bits per heavy atom. The molecule has 150 valence electrons. The molecule has 8 heteroatoms. The Morgan fingerprint density at radius 1 is 1.11 bits per heavy atom. The third-order valence-electron chi connectivity index (χ3n) is 3.57. The topological polar surface area (TPSA) is 60.0 Å². The molecule has 2 aromatic carbocycles. The van der Waals surface area contributed by atoms with Gasteiger partial charge in [0, 0.05) is 13.1 Å². The maximum absolute atomic E-state index is 13.0. The Morgan fingerprint density at radius 3 is 2.52 bits per heavy atom. The van der Waals surface area contributed by atoms with Gasteiger partial charge in [-0.1, -0.05) is 12.1 Å². The third-order valence-corrected chi connectivity index (χ3v) is 4.16. The molecule has 0 spiro atoms. The minimum atomic E-state index is -0.272. The lowest BCUT2D eigenvalue weighted by Crippen LogP contribution is -2.20. The molecule has 0 heterocycles. The van der Waals surface area contributed by atoms with Gasteiger partial charge in [0.2, 0.25) is 0 Å². The third kappa shape index (κ3) is 8.02. The van der Waals surface area contributed by atoms with Crippen LogP contribution in [0.4, 0.5) is 4.39 Å². The molecule has 0 aliphatic rings. The summed E-state index contributed by atoms with van der Waals surface area (Å²) in [6.07, 6.45) is 0. The van der Waals surface area contributed by atoms with Gasteiger partial charge in [-0.2, -0.15) is 0 Å². The number of halogens is 3. The Labute approximate surface area is 173 Å². The standard InChI is InChI=1S/C19H23BrFNO4.ClH/c1-24-18-11-15(12-22-6-8-25-9-7-23)10-17(20)19(18)26-13-14-2-4-16(21)5-3-14;/h2-5,10-11,22-23H,6-9,12-13H2,1H3;1H. The zero-order chi connectivity index (χ0) is 18.8. The highest BCUT2D eigenvalue weighted by Gasteiger charge is 2.12. The van der Waals surface area contributed by atoms with E-state index >= 15 is 0 Å². The molecule has 0 bridgehead atoms. The fourth-order valence-electron chi connectivity index (χ4n) is 2.30. The van der Waals surface area contributed by atoms with E-state index in [2.05, 4.69) is 21.2 Å². The highest BCUT2D eigenvalue weighted by atomic mass is 79.9. The summed E-state index contributed by atoms with van der Waals surface area (Å²) >= 11 is 3.52. The quantitative estimate of drug-likeness (QED) is 0.497. The first kappa shape index (κ1) is 23.7. The molecule has 0 saturated carbocycles. The summed E-state index contributed by atoms with van der Waals surface area (Å²) in [6.45, 7) is 2.57. The molecule has 0 atom stereocenters. The molecule has 2 N–H and O–H groups in total. The van der Waals surface area contributed by atoms with Crippen LogP contribution in [0.5, 0.6) is 11.5 Å². The molecule has 0 aromatic heterocycles. The second-order valence-corrected chi connectivity index (χ2v) is 6.39. The van der Waals surface area contributed by atoms with Crippen molar-refractivity contribution in [2.45, 2.75) is 13.2 Å². The lowest BCUT2D eigenvalue weighted by atomic mass is 10.2. The van der Waals surface area contributed by atoms with Crippen LogP contribution in [0.1, 0.15) is 11.1 Å². The van der Waals surface area contributed by atoms with Crippen molar-refractivity contribution in [3.8, 4) is 11.5 Å². The molecule has 0 radical (unpaired) electrons. The van der Waals surface area contributed by atoms with Crippen molar-refractivity contribution in [3.63, 3.8) is 0 Å². The summed E-state index contributed by atoms with van der Waals surface area (Å²) in [5, 5.41) is 11.9. The number of hydrogen-bond donors (Lipinski definition) is 2. The van der Waals surface area contributed by atoms with Crippen molar-refractivity contribution in [2.24, 2.45) is 0 Å². The average Bonchev–Trinajstić information content (AvgIpc) is 2.64. The highest BCUT2D eigenvalue weighted by molar-refractivity contribution is 9.10. The van der Waals surface area contributed by atoms with Crippen LogP contribution in [-0.2, 0) is 17.9 Å². The van der Waals surface area contributed by atoms with E-state index in [1.54, 1.807) is 19.2 Å². The van der Waals surface area contributed by atoms with E-state index in [-0.39, 0.29) is 24.8 Å². The Hall–Kier alpha value is -1.38. The second kappa shape index (κ2) is 12.9. The first-order valence-corrected chi connectivity index (χ1v) is 9.06. The summed E-state index contributed by atoms with van der Waals surface area (Å²) in [7, 11) is 1.59. The number of ether oxygens (including phenoxy) is 3. The number of aliphatic hydroxyl groups is 1. The molecule has 0 unspecified atom stereocenters. The number of nitrogens with one attached hydrogen (secondary N) is 1. The highest BCUT2D eigenvalue weighted by Crippen LogP contribution is 2.37. The smallest absolute Gasteiger partial charge is 0.175 e. The zero-order valence-corrected chi connectivity index (χ0v) is 17.4. The average molecular weight is 465 g/mol. The Balaban J connectivity index is 0.00000364. The van der Waals surface area contributed by atoms with Gasteiger partial charge in [0.05, 0.1) is 31.4 Å². The maximum atomic E-state index is 13.0. The van der Waals surface area contributed by atoms with E-state index in [0.717, 1.165) is 15.6 Å². The first-order valence-electron chi connectivity index (χ1n) is 8.27. The monoisotopic (exact) mass is 463 g/mol. The Kier molecular flexibility index (Phi) is 11.3. The normalized spacial score (nSPS) is 10.4. The molecule has 0 amide bonds. The van der Waals surface area contributed by atoms with Gasteiger partial charge in [-0.15, -0.1) is 12.4 Å². The molecular formula is C19H24BrClFNO4. The molecule has 0 aliphatic carbocycles. The van der Waals surface area contributed by atoms with Gasteiger partial charge in [0.25, 0.3) is 0 Å². The number of methoxy groups -OCH3 is 1. The minimum absolute atomic E-state index is 0. The number of benzene rings is 2. The van der Waals surface area contributed by atoms with E-state index < -0.39 is 0 Å². The van der Waals surface area contributed by atoms with Gasteiger partial charge in [-0.25, -0.2) is 4.39 Å². The van der Waals surface area contributed by atoms with Crippen LogP contribution in [0.2, 0.25) is 0 Å². The van der Waals surface area contributed by atoms with Crippen molar-refractivity contribution < 1.29 is 23.7 Å². The lowest BCUT2D eigenvalue weighted by molar-refractivity contribution is 0.0938. The Bertz CT molecular complexity index is 688. The number of hydrogen-bond acceptors (Lipinski definition) is 5. The predicted molar refractivity (Wildman–Crippen MR) is 108 cm³/mol. The van der Waals surface area contributed by atoms with Crippen molar-refractivity contribution in [1.29, 1.82) is 0 Å². The molecular weight excluding hydrogens is 441 g/mol. The summed E-state index contributed by atoms with van der Waals surface area (Å²) in [4.78, 5) is 0. The minimum Gasteiger partial charge on any atom is -0.493 e. The van der Waals surface area contributed by atoms with E-state index in [9.17, 15) is 4.39 Å². The predicted octanol–water partition coefficient (Wildman–Crippen LogP) is 3.70. The SMILES string of the molecule is COc1cc(CNCCOCCO)cc(Br)c1OCc1ccc(F)cc1.Cl. The summed E-state index contributed by atoms with van der Waals surface area (Å²) in [5.74, 6) is 0.952. The van der Waals surface area contributed by atoms with Crippen molar-refractivity contribution in [2.75, 3.05) is 33.5 Å². The molecule has 0 fully saturated rings. The second-order valence-electron chi connectivity index (χ2n) is 5.54.